The fourth-order valence-electron chi connectivity index (χ4n) is 1.50. The summed E-state index contributed by atoms with van der Waals surface area (Å²) >= 11 is 1.39. The van der Waals surface area contributed by atoms with Gasteiger partial charge in [-0.3, -0.25) is 4.79 Å². The Labute approximate surface area is 102 Å². The lowest BCUT2D eigenvalue weighted by atomic mass is 10.1. The van der Waals surface area contributed by atoms with Crippen LogP contribution in [-0.4, -0.2) is 21.2 Å². The highest BCUT2D eigenvalue weighted by atomic mass is 32.1. The van der Waals surface area contributed by atoms with Crippen LogP contribution in [0, 0.1) is 0 Å². The number of rotatable bonds is 4. The molecule has 17 heavy (non-hydrogen) atoms. The summed E-state index contributed by atoms with van der Waals surface area (Å²) in [5.74, 6) is -0.623. The molecular formula is C12H11NO3S. The molecule has 0 spiro atoms. The van der Waals surface area contributed by atoms with Crippen molar-refractivity contribution in [2.45, 2.75) is 12.8 Å². The smallest absolute Gasteiger partial charge is 0.308 e. The maximum absolute atomic E-state index is 10.5. The summed E-state index contributed by atoms with van der Waals surface area (Å²) in [4.78, 5) is 15.4. The van der Waals surface area contributed by atoms with Crippen LogP contribution in [-0.2, 0) is 17.6 Å². The zero-order valence-electron chi connectivity index (χ0n) is 8.96. The Kier molecular flexibility index (Phi) is 3.39. The average molecular weight is 249 g/mol. The molecule has 0 radical (unpaired) electrons. The number of nitrogens with zero attached hydrogens (tertiary/aromatic N) is 1. The van der Waals surface area contributed by atoms with Gasteiger partial charge in [0.05, 0.1) is 11.4 Å². The summed E-state index contributed by atoms with van der Waals surface area (Å²) in [6, 6.07) is 6.97. The molecular weight excluding hydrogens is 238 g/mol. The van der Waals surface area contributed by atoms with Crippen LogP contribution in [0.25, 0.3) is 0 Å². The van der Waals surface area contributed by atoms with Crippen molar-refractivity contribution < 1.29 is 15.0 Å². The van der Waals surface area contributed by atoms with Crippen LogP contribution in [0.3, 0.4) is 0 Å². The van der Waals surface area contributed by atoms with Crippen LogP contribution < -0.4 is 0 Å². The van der Waals surface area contributed by atoms with Gasteiger partial charge in [0.25, 0.3) is 0 Å². The van der Waals surface area contributed by atoms with Crippen molar-refractivity contribution in [2.24, 2.45) is 0 Å². The minimum absolute atomic E-state index is 0.0116. The Morgan fingerprint density at radius 1 is 1.41 bits per heavy atom. The maximum atomic E-state index is 10.5. The quantitative estimate of drug-likeness (QED) is 0.870. The minimum Gasteiger partial charge on any atom is -0.508 e. The van der Waals surface area contributed by atoms with Crippen molar-refractivity contribution in [3.05, 3.63) is 45.9 Å². The average Bonchev–Trinajstić information content (AvgIpc) is 2.64. The Morgan fingerprint density at radius 3 is 2.94 bits per heavy atom. The van der Waals surface area contributed by atoms with Gasteiger partial charge in [-0.2, -0.15) is 0 Å². The van der Waals surface area contributed by atoms with Crippen molar-refractivity contribution in [2.75, 3.05) is 0 Å². The Hall–Kier alpha value is -1.88. The fourth-order valence-corrected chi connectivity index (χ4v) is 2.45. The zero-order valence-corrected chi connectivity index (χ0v) is 9.78. The lowest BCUT2D eigenvalue weighted by Gasteiger charge is -1.98. The Bertz CT molecular complexity index is 536. The standard InChI is InChI=1S/C12H11NO3S/c14-9-3-1-2-8(4-9)5-11-13-7-10(17-11)6-12(15)16/h1-4,7,14H,5-6H2,(H,15,16). The molecule has 1 aromatic carbocycles. The van der Waals surface area contributed by atoms with E-state index in [2.05, 4.69) is 4.98 Å². The highest BCUT2D eigenvalue weighted by Crippen LogP contribution is 2.19. The first kappa shape index (κ1) is 11.6. The SMILES string of the molecule is O=C(O)Cc1cnc(Cc2cccc(O)c2)s1. The first-order valence-corrected chi connectivity index (χ1v) is 5.88. The number of aliphatic carboxylic acids is 1. The predicted octanol–water partition coefficient (Wildman–Crippen LogP) is 2.07. The molecule has 0 bridgehead atoms. The van der Waals surface area contributed by atoms with Crippen molar-refractivity contribution in [3.63, 3.8) is 0 Å². The summed E-state index contributed by atoms with van der Waals surface area (Å²) in [7, 11) is 0. The van der Waals surface area contributed by atoms with E-state index in [9.17, 15) is 9.90 Å². The first-order chi connectivity index (χ1) is 8.13. The summed E-state index contributed by atoms with van der Waals surface area (Å²) in [6.45, 7) is 0. The molecule has 2 aromatic rings. The largest absolute Gasteiger partial charge is 0.508 e. The lowest BCUT2D eigenvalue weighted by Crippen LogP contribution is -1.97. The lowest BCUT2D eigenvalue weighted by molar-refractivity contribution is -0.136. The van der Waals surface area contributed by atoms with Crippen LogP contribution >= 0.6 is 11.3 Å². The molecule has 0 unspecified atom stereocenters. The van der Waals surface area contributed by atoms with Gasteiger partial charge in [-0.1, -0.05) is 12.1 Å². The molecule has 2 rings (SSSR count). The van der Waals surface area contributed by atoms with Gasteiger partial charge in [0, 0.05) is 17.5 Å². The number of carbonyl (C=O) groups is 1. The summed E-state index contributed by atoms with van der Waals surface area (Å²) < 4.78 is 0. The second-order valence-corrected chi connectivity index (χ2v) is 4.84. The molecule has 4 nitrogen and oxygen atoms in total. The maximum Gasteiger partial charge on any atom is 0.308 e. The summed E-state index contributed by atoms with van der Waals surface area (Å²) in [5, 5.41) is 18.8. The number of thiazole rings is 1. The van der Waals surface area contributed by atoms with Gasteiger partial charge in [-0.25, -0.2) is 4.98 Å². The number of hydrogen-bond acceptors (Lipinski definition) is 4. The normalized spacial score (nSPS) is 10.4. The van der Waals surface area contributed by atoms with Gasteiger partial charge < -0.3 is 10.2 Å². The van der Waals surface area contributed by atoms with E-state index in [0.29, 0.717) is 6.42 Å². The molecule has 5 heteroatoms. The van der Waals surface area contributed by atoms with Crippen molar-refractivity contribution >= 4 is 17.3 Å². The molecule has 0 saturated heterocycles. The number of benzene rings is 1. The van der Waals surface area contributed by atoms with Gasteiger partial charge in [-0.15, -0.1) is 11.3 Å². The highest BCUT2D eigenvalue weighted by Gasteiger charge is 2.06. The van der Waals surface area contributed by atoms with Crippen LogP contribution in [0.1, 0.15) is 15.4 Å². The van der Waals surface area contributed by atoms with E-state index in [1.165, 1.54) is 11.3 Å². The van der Waals surface area contributed by atoms with Crippen molar-refractivity contribution in [1.82, 2.24) is 4.98 Å². The van der Waals surface area contributed by atoms with E-state index >= 15 is 0 Å². The van der Waals surface area contributed by atoms with Crippen molar-refractivity contribution in [1.29, 1.82) is 0 Å². The van der Waals surface area contributed by atoms with E-state index in [4.69, 9.17) is 5.11 Å². The van der Waals surface area contributed by atoms with E-state index in [0.717, 1.165) is 15.4 Å². The molecule has 0 aliphatic rings. The number of hydrogen-bond donors (Lipinski definition) is 2. The van der Waals surface area contributed by atoms with Crippen LogP contribution in [0.2, 0.25) is 0 Å². The minimum atomic E-state index is -0.849. The van der Waals surface area contributed by atoms with E-state index in [1.807, 2.05) is 6.07 Å². The molecule has 88 valence electrons. The van der Waals surface area contributed by atoms with Gasteiger partial charge in [0.15, 0.2) is 0 Å². The van der Waals surface area contributed by atoms with E-state index in [-0.39, 0.29) is 12.2 Å². The monoisotopic (exact) mass is 249 g/mol. The van der Waals surface area contributed by atoms with Gasteiger partial charge in [0.1, 0.15) is 5.75 Å². The number of carboxylic acid groups (broad SMARTS) is 1. The number of phenolic OH excluding ortho intramolecular Hbond substituents is 1. The topological polar surface area (TPSA) is 70.4 Å². The Balaban J connectivity index is 2.08. The van der Waals surface area contributed by atoms with Crippen LogP contribution in [0.5, 0.6) is 5.75 Å². The molecule has 0 aliphatic carbocycles. The Morgan fingerprint density at radius 2 is 2.24 bits per heavy atom. The van der Waals surface area contributed by atoms with Gasteiger partial charge in [0.2, 0.25) is 0 Å². The molecule has 0 amide bonds. The molecule has 2 N–H and O–H groups in total. The predicted molar refractivity (Wildman–Crippen MR) is 64.4 cm³/mol. The number of aromatic hydroxyl groups is 1. The summed E-state index contributed by atoms with van der Waals surface area (Å²) in [6.07, 6.45) is 2.22. The molecule has 1 heterocycles. The molecule has 0 fully saturated rings. The van der Waals surface area contributed by atoms with Crippen LogP contribution in [0.15, 0.2) is 30.5 Å². The molecule has 0 saturated carbocycles. The number of carboxylic acids is 1. The third-order valence-corrected chi connectivity index (χ3v) is 3.19. The third kappa shape index (κ3) is 3.29. The van der Waals surface area contributed by atoms with Gasteiger partial charge >= 0.3 is 5.97 Å². The fraction of sp³-hybridized carbons (Fsp3) is 0.167. The van der Waals surface area contributed by atoms with Crippen LogP contribution in [0.4, 0.5) is 0 Å². The number of aromatic nitrogens is 1. The van der Waals surface area contributed by atoms with E-state index in [1.54, 1.807) is 24.4 Å². The second-order valence-electron chi connectivity index (χ2n) is 3.64. The highest BCUT2D eigenvalue weighted by molar-refractivity contribution is 7.11. The van der Waals surface area contributed by atoms with Crippen molar-refractivity contribution in [3.8, 4) is 5.75 Å². The van der Waals surface area contributed by atoms with E-state index < -0.39 is 5.97 Å². The van der Waals surface area contributed by atoms with Gasteiger partial charge in [-0.05, 0) is 17.7 Å². The third-order valence-electron chi connectivity index (χ3n) is 2.19. The second kappa shape index (κ2) is 4.97. The molecule has 1 aromatic heterocycles. The molecule has 0 atom stereocenters. The zero-order chi connectivity index (χ0) is 12.3. The first-order valence-electron chi connectivity index (χ1n) is 5.07. The number of phenols is 1. The summed E-state index contributed by atoms with van der Waals surface area (Å²) in [5.41, 5.74) is 0.959. The molecule has 0 aliphatic heterocycles.